The summed E-state index contributed by atoms with van der Waals surface area (Å²) in [6, 6.07) is 19.7. The molecule has 0 aliphatic carbocycles. The summed E-state index contributed by atoms with van der Waals surface area (Å²) in [4.78, 5) is 30.0. The Morgan fingerprint density at radius 2 is 1.89 bits per heavy atom. The van der Waals surface area contributed by atoms with Gasteiger partial charge in [0.2, 0.25) is 11.8 Å². The van der Waals surface area contributed by atoms with Crippen LogP contribution in [0.1, 0.15) is 29.8 Å². The Morgan fingerprint density at radius 1 is 1.11 bits per heavy atom. The molecule has 1 aromatic heterocycles. The number of nitrogens with zero attached hydrogens (tertiary/aromatic N) is 4. The molecule has 0 radical (unpaired) electrons. The molecular weight excluding hydrogens is 520 g/mol. The Kier molecular flexibility index (Phi) is 8.46. The lowest BCUT2D eigenvalue weighted by atomic mass is 9.90. The zero-order valence-electron chi connectivity index (χ0n) is 21.1. The van der Waals surface area contributed by atoms with Gasteiger partial charge < -0.3 is 14.5 Å². The molecule has 2 heterocycles. The summed E-state index contributed by atoms with van der Waals surface area (Å²) < 4.78 is 9.04. The first-order valence-corrected chi connectivity index (χ1v) is 13.1. The summed E-state index contributed by atoms with van der Waals surface area (Å²) >= 11 is 3.50. The zero-order valence-corrected chi connectivity index (χ0v) is 22.6. The number of piperidine rings is 1. The van der Waals surface area contributed by atoms with Crippen molar-refractivity contribution in [2.45, 2.75) is 45.9 Å². The van der Waals surface area contributed by atoms with Crippen LogP contribution in [0.2, 0.25) is 0 Å². The van der Waals surface area contributed by atoms with Crippen LogP contribution in [0.4, 0.5) is 0 Å². The fourth-order valence-electron chi connectivity index (χ4n) is 4.69. The summed E-state index contributed by atoms with van der Waals surface area (Å²) in [5.41, 5.74) is 2.94. The van der Waals surface area contributed by atoms with Gasteiger partial charge in [0.25, 0.3) is 0 Å². The number of hydrogen-bond acceptors (Lipinski definition) is 4. The van der Waals surface area contributed by atoms with Crippen LogP contribution in [0, 0.1) is 19.8 Å². The van der Waals surface area contributed by atoms with Crippen molar-refractivity contribution in [1.82, 2.24) is 19.6 Å². The van der Waals surface area contributed by atoms with E-state index < -0.39 is 0 Å². The first kappa shape index (κ1) is 25.9. The monoisotopic (exact) mass is 552 g/mol. The largest absolute Gasteiger partial charge is 0.490 e. The molecule has 3 aromatic rings. The number of amides is 2. The van der Waals surface area contributed by atoms with E-state index in [4.69, 9.17) is 4.74 Å². The molecule has 0 bridgehead atoms. The van der Waals surface area contributed by atoms with Gasteiger partial charge in [-0.1, -0.05) is 52.3 Å². The predicted octanol–water partition coefficient (Wildman–Crippen LogP) is 4.61. The zero-order chi connectivity index (χ0) is 25.7. The maximum atomic E-state index is 13.2. The number of aryl methyl sites for hydroxylation is 2. The number of halogens is 1. The third-order valence-corrected chi connectivity index (χ3v) is 7.11. The highest BCUT2D eigenvalue weighted by Gasteiger charge is 2.35. The third-order valence-electron chi connectivity index (χ3n) is 6.61. The van der Waals surface area contributed by atoms with Crippen LogP contribution in [0.25, 0.3) is 0 Å². The molecule has 0 saturated carbocycles. The summed E-state index contributed by atoms with van der Waals surface area (Å²) in [6.07, 6.45) is 0.813. The fourth-order valence-corrected chi connectivity index (χ4v) is 5.07. The van der Waals surface area contributed by atoms with E-state index >= 15 is 0 Å². The van der Waals surface area contributed by atoms with Crippen molar-refractivity contribution >= 4 is 27.7 Å². The minimum absolute atomic E-state index is 0.0113. The number of likely N-dealkylation sites (tertiary alicyclic amines) is 1. The Morgan fingerprint density at radius 3 is 2.58 bits per heavy atom. The molecule has 0 unspecified atom stereocenters. The van der Waals surface area contributed by atoms with Crippen molar-refractivity contribution in [3.8, 4) is 5.75 Å². The molecule has 1 aliphatic rings. The number of carbonyl (C=O) groups is 2. The average Bonchev–Trinajstić information content (AvgIpc) is 3.16. The normalized spacial score (nSPS) is 17.6. The van der Waals surface area contributed by atoms with E-state index in [1.54, 1.807) is 9.58 Å². The maximum Gasteiger partial charge on any atom is 0.244 e. The van der Waals surface area contributed by atoms with Crippen molar-refractivity contribution in [1.29, 1.82) is 0 Å². The molecular formula is C28H33BrN4O3. The van der Waals surface area contributed by atoms with Crippen molar-refractivity contribution in [3.63, 3.8) is 0 Å². The highest BCUT2D eigenvalue weighted by Crippen LogP contribution is 2.28. The average molecular weight is 554 g/mol. The van der Waals surface area contributed by atoms with Crippen molar-refractivity contribution in [2.75, 3.05) is 20.1 Å². The van der Waals surface area contributed by atoms with Crippen LogP contribution in [0.5, 0.6) is 5.75 Å². The van der Waals surface area contributed by atoms with E-state index in [0.717, 1.165) is 27.2 Å². The van der Waals surface area contributed by atoms with E-state index in [2.05, 4.69) is 21.0 Å². The summed E-state index contributed by atoms with van der Waals surface area (Å²) in [5.74, 6) is 0.691. The number of benzene rings is 2. The quantitative estimate of drug-likeness (QED) is 0.409. The number of ether oxygens (including phenoxy) is 1. The second-order valence-electron chi connectivity index (χ2n) is 9.53. The van der Waals surface area contributed by atoms with E-state index in [-0.39, 0.29) is 30.4 Å². The standard InChI is InChI=1S/C28H33BrN4O3/c1-20-14-21(2)33(30-20)19-28(35)32-13-12-26(36-25-11-7-10-24(29)16-25)23(18-32)15-27(34)31(3)17-22-8-5-4-6-9-22/h4-11,14,16,23,26H,12-13,15,17-19H2,1-3H3/t23-,26-/m0/s1. The topological polar surface area (TPSA) is 67.7 Å². The van der Waals surface area contributed by atoms with Gasteiger partial charge in [-0.2, -0.15) is 5.10 Å². The summed E-state index contributed by atoms with van der Waals surface area (Å²) in [6.45, 7) is 5.68. The molecule has 1 fully saturated rings. The minimum atomic E-state index is -0.161. The second-order valence-corrected chi connectivity index (χ2v) is 10.4. The molecule has 1 saturated heterocycles. The summed E-state index contributed by atoms with van der Waals surface area (Å²) in [7, 11) is 1.83. The number of aromatic nitrogens is 2. The molecule has 2 amide bonds. The van der Waals surface area contributed by atoms with Crippen molar-refractivity contribution in [2.24, 2.45) is 5.92 Å². The number of hydrogen-bond donors (Lipinski definition) is 0. The first-order valence-electron chi connectivity index (χ1n) is 12.3. The third kappa shape index (κ3) is 6.75. The van der Waals surface area contributed by atoms with Crippen molar-refractivity contribution < 1.29 is 14.3 Å². The van der Waals surface area contributed by atoms with Gasteiger partial charge in [0.05, 0.1) is 5.69 Å². The first-order chi connectivity index (χ1) is 17.3. The van der Waals surface area contributed by atoms with Gasteiger partial charge in [0.1, 0.15) is 18.4 Å². The number of carbonyl (C=O) groups excluding carboxylic acids is 2. The van der Waals surface area contributed by atoms with Crippen LogP contribution in [0.3, 0.4) is 0 Å². The van der Waals surface area contributed by atoms with Gasteiger partial charge in [-0.25, -0.2) is 0 Å². The van der Waals surface area contributed by atoms with Gasteiger partial charge >= 0.3 is 0 Å². The van der Waals surface area contributed by atoms with Gasteiger partial charge in [0, 0.05) is 55.6 Å². The van der Waals surface area contributed by atoms with Gasteiger partial charge in [-0.3, -0.25) is 14.3 Å². The molecule has 4 rings (SSSR count). The predicted molar refractivity (Wildman–Crippen MR) is 142 cm³/mol. The van der Waals surface area contributed by atoms with Crippen molar-refractivity contribution in [3.05, 3.63) is 82.1 Å². The van der Waals surface area contributed by atoms with Crippen LogP contribution >= 0.6 is 15.9 Å². The second kappa shape index (κ2) is 11.7. The SMILES string of the molecule is Cc1cc(C)n(CC(=O)N2CC[C@H](Oc3cccc(Br)c3)[C@@H](CC(=O)N(C)Cc3ccccc3)C2)n1. The number of rotatable bonds is 8. The lowest BCUT2D eigenvalue weighted by molar-refractivity contribution is -0.139. The molecule has 7 nitrogen and oxygen atoms in total. The van der Waals surface area contributed by atoms with Crippen LogP contribution in [0.15, 0.2) is 65.1 Å². The maximum absolute atomic E-state index is 13.2. The van der Waals surface area contributed by atoms with Crippen LogP contribution in [-0.4, -0.2) is 57.6 Å². The van der Waals surface area contributed by atoms with Crippen LogP contribution in [-0.2, 0) is 22.7 Å². The smallest absolute Gasteiger partial charge is 0.244 e. The van der Waals surface area contributed by atoms with E-state index in [1.165, 1.54) is 0 Å². The lowest BCUT2D eigenvalue weighted by Crippen LogP contribution is -2.50. The van der Waals surface area contributed by atoms with Gasteiger partial charge in [-0.05, 0) is 43.7 Å². The van der Waals surface area contributed by atoms with E-state index in [1.807, 2.05) is 86.5 Å². The fraction of sp³-hybridized carbons (Fsp3) is 0.393. The van der Waals surface area contributed by atoms with E-state index in [0.29, 0.717) is 32.5 Å². The minimum Gasteiger partial charge on any atom is -0.490 e. The van der Waals surface area contributed by atoms with E-state index in [9.17, 15) is 9.59 Å². The van der Waals surface area contributed by atoms with Gasteiger partial charge in [0.15, 0.2) is 0 Å². The molecule has 1 aliphatic heterocycles. The highest BCUT2D eigenvalue weighted by molar-refractivity contribution is 9.10. The van der Waals surface area contributed by atoms with Gasteiger partial charge in [-0.15, -0.1) is 0 Å². The molecule has 190 valence electrons. The molecule has 0 N–H and O–H groups in total. The highest BCUT2D eigenvalue weighted by atomic mass is 79.9. The Labute approximate surface area is 221 Å². The Balaban J connectivity index is 1.46. The molecule has 36 heavy (non-hydrogen) atoms. The Hall–Kier alpha value is -3.13. The Bertz CT molecular complexity index is 1200. The molecule has 2 atom stereocenters. The lowest BCUT2D eigenvalue weighted by Gasteiger charge is -2.39. The summed E-state index contributed by atoms with van der Waals surface area (Å²) in [5, 5.41) is 4.43. The molecule has 2 aromatic carbocycles. The molecule has 0 spiro atoms. The van der Waals surface area contributed by atoms with Crippen LogP contribution < -0.4 is 4.74 Å². The molecule has 8 heteroatoms.